The standard InChI is InChI=1S/C16H13N5O3/c1-9(22)18-10-5-6-12-11(8-10)15(23)14(21-20-12)16(24)19-13-4-2-3-7-17-13/h2-8H,1H3,(H,18,22)(H,20,23)(H,17,19,24). The number of hydrogen-bond donors (Lipinski definition) is 3. The van der Waals surface area contributed by atoms with Crippen LogP contribution in [0.25, 0.3) is 10.9 Å². The Labute approximate surface area is 136 Å². The molecule has 3 rings (SSSR count). The van der Waals surface area contributed by atoms with E-state index in [1.54, 1.807) is 30.3 Å². The highest BCUT2D eigenvalue weighted by Crippen LogP contribution is 2.28. The molecular weight excluding hydrogens is 310 g/mol. The minimum absolute atomic E-state index is 0.229. The third-order valence-corrected chi connectivity index (χ3v) is 3.18. The molecular formula is C16H13N5O3. The highest BCUT2D eigenvalue weighted by molar-refractivity contribution is 6.07. The number of aromatic hydroxyl groups is 1. The largest absolute Gasteiger partial charge is 0.505 e. The molecule has 3 aromatic rings. The molecule has 8 heteroatoms. The molecule has 0 saturated heterocycles. The molecule has 0 aliphatic heterocycles. The van der Waals surface area contributed by atoms with E-state index in [0.717, 1.165) is 0 Å². The second-order valence-electron chi connectivity index (χ2n) is 4.98. The molecule has 3 N–H and O–H groups in total. The summed E-state index contributed by atoms with van der Waals surface area (Å²) in [4.78, 5) is 27.4. The van der Waals surface area contributed by atoms with Crippen molar-refractivity contribution in [2.24, 2.45) is 0 Å². The summed E-state index contributed by atoms with van der Waals surface area (Å²) in [6, 6.07) is 9.79. The topological polar surface area (TPSA) is 117 Å². The lowest BCUT2D eigenvalue weighted by atomic mass is 10.1. The van der Waals surface area contributed by atoms with Gasteiger partial charge in [-0.05, 0) is 30.3 Å². The van der Waals surface area contributed by atoms with Crippen molar-refractivity contribution in [1.29, 1.82) is 0 Å². The van der Waals surface area contributed by atoms with Gasteiger partial charge in [-0.1, -0.05) is 6.07 Å². The van der Waals surface area contributed by atoms with Crippen LogP contribution in [0.1, 0.15) is 17.4 Å². The Morgan fingerprint density at radius 1 is 1.08 bits per heavy atom. The van der Waals surface area contributed by atoms with E-state index in [4.69, 9.17) is 0 Å². The number of anilines is 2. The molecule has 0 saturated carbocycles. The monoisotopic (exact) mass is 323 g/mol. The minimum Gasteiger partial charge on any atom is -0.505 e. The molecule has 0 atom stereocenters. The quantitative estimate of drug-likeness (QED) is 0.678. The first kappa shape index (κ1) is 15.3. The van der Waals surface area contributed by atoms with Crippen LogP contribution < -0.4 is 10.6 Å². The van der Waals surface area contributed by atoms with Crippen LogP contribution in [-0.2, 0) is 4.79 Å². The lowest BCUT2D eigenvalue weighted by Crippen LogP contribution is -2.15. The zero-order chi connectivity index (χ0) is 17.1. The lowest BCUT2D eigenvalue weighted by Gasteiger charge is -2.08. The fourth-order valence-corrected chi connectivity index (χ4v) is 2.14. The number of nitrogens with zero attached hydrogens (tertiary/aromatic N) is 3. The SMILES string of the molecule is CC(=O)Nc1ccc2nnc(C(=O)Nc3ccccn3)c(O)c2c1. The van der Waals surface area contributed by atoms with Crippen molar-refractivity contribution in [1.82, 2.24) is 15.2 Å². The summed E-state index contributed by atoms with van der Waals surface area (Å²) in [6.07, 6.45) is 1.53. The Morgan fingerprint density at radius 3 is 2.62 bits per heavy atom. The molecule has 2 amide bonds. The van der Waals surface area contributed by atoms with Crippen molar-refractivity contribution >= 4 is 34.2 Å². The third-order valence-electron chi connectivity index (χ3n) is 3.18. The van der Waals surface area contributed by atoms with Gasteiger partial charge in [-0.15, -0.1) is 10.2 Å². The molecule has 24 heavy (non-hydrogen) atoms. The summed E-state index contributed by atoms with van der Waals surface area (Å²) < 4.78 is 0. The van der Waals surface area contributed by atoms with Crippen LogP contribution in [-0.4, -0.2) is 32.1 Å². The number of hydrogen-bond acceptors (Lipinski definition) is 6. The Morgan fingerprint density at radius 2 is 1.92 bits per heavy atom. The molecule has 0 fully saturated rings. The van der Waals surface area contributed by atoms with Crippen LogP contribution in [0.3, 0.4) is 0 Å². The van der Waals surface area contributed by atoms with Gasteiger partial charge in [0.05, 0.1) is 5.52 Å². The van der Waals surface area contributed by atoms with Gasteiger partial charge in [0.15, 0.2) is 11.4 Å². The number of benzene rings is 1. The minimum atomic E-state index is -0.634. The summed E-state index contributed by atoms with van der Waals surface area (Å²) in [7, 11) is 0. The van der Waals surface area contributed by atoms with Crippen LogP contribution >= 0.6 is 0 Å². The number of carbonyl (C=O) groups is 2. The molecule has 2 heterocycles. The van der Waals surface area contributed by atoms with Gasteiger partial charge < -0.3 is 15.7 Å². The van der Waals surface area contributed by atoms with Crippen molar-refractivity contribution in [3.8, 4) is 5.75 Å². The number of pyridine rings is 1. The fraction of sp³-hybridized carbons (Fsp3) is 0.0625. The Balaban J connectivity index is 1.97. The summed E-state index contributed by atoms with van der Waals surface area (Å²) >= 11 is 0. The van der Waals surface area contributed by atoms with Gasteiger partial charge in [-0.25, -0.2) is 4.98 Å². The summed E-state index contributed by atoms with van der Waals surface area (Å²) in [5.74, 6) is -0.870. The average molecular weight is 323 g/mol. The highest BCUT2D eigenvalue weighted by atomic mass is 16.3. The van der Waals surface area contributed by atoms with Crippen molar-refractivity contribution in [2.45, 2.75) is 6.92 Å². The van der Waals surface area contributed by atoms with Gasteiger partial charge in [0, 0.05) is 24.2 Å². The summed E-state index contributed by atoms with van der Waals surface area (Å²) in [6.45, 7) is 1.38. The van der Waals surface area contributed by atoms with E-state index in [1.807, 2.05) is 0 Å². The van der Waals surface area contributed by atoms with E-state index < -0.39 is 5.91 Å². The zero-order valence-corrected chi connectivity index (χ0v) is 12.6. The first-order chi connectivity index (χ1) is 11.5. The third kappa shape index (κ3) is 3.12. The first-order valence-corrected chi connectivity index (χ1v) is 7.04. The lowest BCUT2D eigenvalue weighted by molar-refractivity contribution is -0.114. The number of rotatable bonds is 3. The van der Waals surface area contributed by atoms with Crippen LogP contribution in [0.5, 0.6) is 5.75 Å². The molecule has 0 aliphatic carbocycles. The van der Waals surface area contributed by atoms with Gasteiger partial charge in [0.25, 0.3) is 5.91 Å². The summed E-state index contributed by atoms with van der Waals surface area (Å²) in [5.41, 5.74) is 0.651. The van der Waals surface area contributed by atoms with Gasteiger partial charge in [0.1, 0.15) is 5.82 Å². The molecule has 0 spiro atoms. The van der Waals surface area contributed by atoms with E-state index in [-0.39, 0.29) is 17.4 Å². The maximum Gasteiger partial charge on any atom is 0.281 e. The molecule has 1 aromatic carbocycles. The number of aromatic nitrogens is 3. The molecule has 8 nitrogen and oxygen atoms in total. The molecule has 0 aliphatic rings. The van der Waals surface area contributed by atoms with E-state index in [1.165, 1.54) is 19.2 Å². The van der Waals surface area contributed by atoms with E-state index in [2.05, 4.69) is 25.8 Å². The van der Waals surface area contributed by atoms with E-state index in [0.29, 0.717) is 22.4 Å². The van der Waals surface area contributed by atoms with Crippen molar-refractivity contribution in [3.63, 3.8) is 0 Å². The van der Waals surface area contributed by atoms with Crippen molar-refractivity contribution in [2.75, 3.05) is 10.6 Å². The van der Waals surface area contributed by atoms with Crippen LogP contribution in [0, 0.1) is 0 Å². The predicted octanol–water partition coefficient (Wildman–Crippen LogP) is 1.94. The second kappa shape index (κ2) is 6.29. The number of amides is 2. The van der Waals surface area contributed by atoms with E-state index in [9.17, 15) is 14.7 Å². The Bertz CT molecular complexity index is 928. The maximum absolute atomic E-state index is 12.3. The van der Waals surface area contributed by atoms with Gasteiger partial charge in [-0.3, -0.25) is 9.59 Å². The van der Waals surface area contributed by atoms with E-state index >= 15 is 0 Å². The zero-order valence-electron chi connectivity index (χ0n) is 12.6. The van der Waals surface area contributed by atoms with Crippen LogP contribution in [0.15, 0.2) is 42.6 Å². The van der Waals surface area contributed by atoms with Crippen molar-refractivity contribution < 1.29 is 14.7 Å². The Hall–Kier alpha value is -3.55. The second-order valence-corrected chi connectivity index (χ2v) is 4.98. The number of fused-ring (bicyclic) bond motifs is 1. The Kier molecular flexibility index (Phi) is 4.02. The van der Waals surface area contributed by atoms with Crippen LogP contribution in [0.2, 0.25) is 0 Å². The normalized spacial score (nSPS) is 10.4. The predicted molar refractivity (Wildman–Crippen MR) is 87.7 cm³/mol. The highest BCUT2D eigenvalue weighted by Gasteiger charge is 2.18. The number of nitrogens with one attached hydrogen (secondary N) is 2. The van der Waals surface area contributed by atoms with Gasteiger partial charge in [-0.2, -0.15) is 0 Å². The molecule has 0 bridgehead atoms. The molecule has 0 unspecified atom stereocenters. The molecule has 120 valence electrons. The number of carbonyl (C=O) groups excluding carboxylic acids is 2. The molecule has 2 aromatic heterocycles. The van der Waals surface area contributed by atoms with Crippen molar-refractivity contribution in [3.05, 3.63) is 48.3 Å². The smallest absolute Gasteiger partial charge is 0.281 e. The molecule has 0 radical (unpaired) electrons. The van der Waals surface area contributed by atoms with Gasteiger partial charge >= 0.3 is 0 Å². The average Bonchev–Trinajstić information content (AvgIpc) is 2.56. The van der Waals surface area contributed by atoms with Crippen LogP contribution in [0.4, 0.5) is 11.5 Å². The first-order valence-electron chi connectivity index (χ1n) is 7.04. The fourth-order valence-electron chi connectivity index (χ4n) is 2.14. The maximum atomic E-state index is 12.3. The summed E-state index contributed by atoms with van der Waals surface area (Å²) in [5, 5.41) is 23.5. The van der Waals surface area contributed by atoms with Gasteiger partial charge in [0.2, 0.25) is 5.91 Å².